The van der Waals surface area contributed by atoms with Crippen molar-refractivity contribution < 1.29 is 18.6 Å². The van der Waals surface area contributed by atoms with Gasteiger partial charge in [0.05, 0.1) is 5.02 Å². The number of benzene rings is 1. The van der Waals surface area contributed by atoms with Gasteiger partial charge in [0.2, 0.25) is 0 Å². The number of hydrogen-bond acceptors (Lipinski definition) is 3. The Morgan fingerprint density at radius 3 is 2.72 bits per heavy atom. The molecular formula is C12H16ClF2NO2. The summed E-state index contributed by atoms with van der Waals surface area (Å²) in [4.78, 5) is 0. The van der Waals surface area contributed by atoms with Crippen LogP contribution in [-0.4, -0.2) is 24.4 Å². The minimum Gasteiger partial charge on any atom is -0.433 e. The van der Waals surface area contributed by atoms with E-state index in [0.29, 0.717) is 13.0 Å². The maximum absolute atomic E-state index is 12.0. The third kappa shape index (κ3) is 5.16. The van der Waals surface area contributed by atoms with E-state index in [9.17, 15) is 8.78 Å². The SMILES string of the molecule is CC(CCO)NCc1ccc(OC(F)F)c(Cl)c1. The van der Waals surface area contributed by atoms with Crippen LogP contribution in [0.25, 0.3) is 0 Å². The molecule has 0 spiro atoms. The zero-order valence-electron chi connectivity index (χ0n) is 10.00. The Morgan fingerprint density at radius 2 is 2.17 bits per heavy atom. The monoisotopic (exact) mass is 279 g/mol. The van der Waals surface area contributed by atoms with Crippen LogP contribution >= 0.6 is 11.6 Å². The van der Waals surface area contributed by atoms with Crippen molar-refractivity contribution in [1.29, 1.82) is 0 Å². The predicted octanol–water partition coefficient (Wildman–Crippen LogP) is 2.80. The third-order valence-electron chi connectivity index (χ3n) is 2.43. The number of ether oxygens (including phenoxy) is 1. The molecule has 1 aromatic rings. The van der Waals surface area contributed by atoms with Crippen LogP contribution in [0.1, 0.15) is 18.9 Å². The molecule has 0 amide bonds. The number of aliphatic hydroxyl groups is 1. The Labute approximate surface area is 110 Å². The number of halogens is 3. The standard InChI is InChI=1S/C12H16ClF2NO2/c1-8(4-5-17)16-7-9-2-3-11(10(13)6-9)18-12(14)15/h2-3,6,8,12,16-17H,4-5,7H2,1H3. The molecular weight excluding hydrogens is 264 g/mol. The van der Waals surface area contributed by atoms with Crippen LogP contribution in [0.2, 0.25) is 5.02 Å². The summed E-state index contributed by atoms with van der Waals surface area (Å²) in [6, 6.07) is 4.84. The number of alkyl halides is 2. The minimum atomic E-state index is -2.88. The summed E-state index contributed by atoms with van der Waals surface area (Å²) in [5, 5.41) is 12.1. The minimum absolute atomic E-state index is 0.0289. The predicted molar refractivity (Wildman–Crippen MR) is 66.1 cm³/mol. The third-order valence-corrected chi connectivity index (χ3v) is 2.72. The van der Waals surface area contributed by atoms with E-state index in [2.05, 4.69) is 10.1 Å². The Bertz CT molecular complexity index is 377. The van der Waals surface area contributed by atoms with Crippen molar-refractivity contribution in [3.63, 3.8) is 0 Å². The summed E-state index contributed by atoms with van der Waals surface area (Å²) >= 11 is 5.82. The summed E-state index contributed by atoms with van der Waals surface area (Å²) < 4.78 is 28.3. The fourth-order valence-corrected chi connectivity index (χ4v) is 1.68. The molecule has 0 heterocycles. The number of aliphatic hydroxyl groups excluding tert-OH is 1. The molecule has 1 aromatic carbocycles. The molecule has 0 bridgehead atoms. The lowest BCUT2D eigenvalue weighted by atomic mass is 10.2. The molecule has 0 aromatic heterocycles. The topological polar surface area (TPSA) is 41.5 Å². The quantitative estimate of drug-likeness (QED) is 0.806. The van der Waals surface area contributed by atoms with Crippen molar-refractivity contribution in [3.8, 4) is 5.75 Å². The first kappa shape index (κ1) is 15.1. The highest BCUT2D eigenvalue weighted by molar-refractivity contribution is 6.32. The molecule has 0 aliphatic carbocycles. The number of hydrogen-bond donors (Lipinski definition) is 2. The molecule has 0 fully saturated rings. The second-order valence-electron chi connectivity index (χ2n) is 3.94. The van der Waals surface area contributed by atoms with Gasteiger partial charge in [0.1, 0.15) is 5.75 Å². The van der Waals surface area contributed by atoms with Gasteiger partial charge >= 0.3 is 6.61 Å². The Balaban J connectivity index is 2.56. The molecule has 6 heteroatoms. The van der Waals surface area contributed by atoms with Crippen LogP contribution in [0.5, 0.6) is 5.75 Å². The highest BCUT2D eigenvalue weighted by Crippen LogP contribution is 2.26. The summed E-state index contributed by atoms with van der Waals surface area (Å²) in [6.45, 7) is -0.256. The maximum atomic E-state index is 12.0. The molecule has 18 heavy (non-hydrogen) atoms. The van der Waals surface area contributed by atoms with Crippen LogP contribution in [0, 0.1) is 0 Å². The summed E-state index contributed by atoms with van der Waals surface area (Å²) in [7, 11) is 0. The van der Waals surface area contributed by atoms with E-state index in [4.69, 9.17) is 16.7 Å². The lowest BCUT2D eigenvalue weighted by Crippen LogP contribution is -2.26. The molecule has 3 nitrogen and oxygen atoms in total. The molecule has 2 N–H and O–H groups in total. The van der Waals surface area contributed by atoms with E-state index >= 15 is 0 Å². The van der Waals surface area contributed by atoms with Gasteiger partial charge in [-0.05, 0) is 31.0 Å². The van der Waals surface area contributed by atoms with Crippen molar-refractivity contribution in [2.75, 3.05) is 6.61 Å². The van der Waals surface area contributed by atoms with Gasteiger partial charge in [-0.2, -0.15) is 8.78 Å². The second kappa shape index (κ2) is 7.51. The van der Waals surface area contributed by atoms with Gasteiger partial charge < -0.3 is 15.2 Å². The molecule has 1 rings (SSSR count). The van der Waals surface area contributed by atoms with Gasteiger partial charge in [0.15, 0.2) is 0 Å². The van der Waals surface area contributed by atoms with Gasteiger partial charge in [-0.25, -0.2) is 0 Å². The lowest BCUT2D eigenvalue weighted by molar-refractivity contribution is -0.0497. The van der Waals surface area contributed by atoms with Gasteiger partial charge in [0, 0.05) is 19.2 Å². The highest BCUT2D eigenvalue weighted by atomic mass is 35.5. The smallest absolute Gasteiger partial charge is 0.387 e. The van der Waals surface area contributed by atoms with Crippen molar-refractivity contribution in [3.05, 3.63) is 28.8 Å². The van der Waals surface area contributed by atoms with E-state index in [-0.39, 0.29) is 23.4 Å². The van der Waals surface area contributed by atoms with Crippen LogP contribution < -0.4 is 10.1 Å². The van der Waals surface area contributed by atoms with Crippen LogP contribution in [0.3, 0.4) is 0 Å². The summed E-state index contributed by atoms with van der Waals surface area (Å²) in [5.41, 5.74) is 0.867. The zero-order chi connectivity index (χ0) is 13.5. The van der Waals surface area contributed by atoms with Gasteiger partial charge in [-0.3, -0.25) is 0 Å². The molecule has 0 aliphatic rings. The lowest BCUT2D eigenvalue weighted by Gasteiger charge is -2.13. The van der Waals surface area contributed by atoms with E-state index in [1.54, 1.807) is 12.1 Å². The Hall–Kier alpha value is -0.910. The first-order valence-electron chi connectivity index (χ1n) is 5.60. The van der Waals surface area contributed by atoms with Crippen LogP contribution in [-0.2, 0) is 6.54 Å². The fourth-order valence-electron chi connectivity index (χ4n) is 1.43. The molecule has 0 saturated heterocycles. The van der Waals surface area contributed by atoms with E-state index in [1.165, 1.54) is 6.07 Å². The Morgan fingerprint density at radius 1 is 1.44 bits per heavy atom. The first-order valence-corrected chi connectivity index (χ1v) is 5.98. The Kier molecular flexibility index (Phi) is 6.32. The molecule has 1 unspecified atom stereocenters. The average Bonchev–Trinajstić information content (AvgIpc) is 2.29. The average molecular weight is 280 g/mol. The zero-order valence-corrected chi connectivity index (χ0v) is 10.8. The van der Waals surface area contributed by atoms with Crippen LogP contribution in [0.15, 0.2) is 18.2 Å². The van der Waals surface area contributed by atoms with E-state index < -0.39 is 6.61 Å². The fraction of sp³-hybridized carbons (Fsp3) is 0.500. The molecule has 1 atom stereocenters. The number of nitrogens with one attached hydrogen (secondary N) is 1. The molecule has 0 aliphatic heterocycles. The van der Waals surface area contributed by atoms with Gasteiger partial charge in [0.25, 0.3) is 0 Å². The van der Waals surface area contributed by atoms with Crippen molar-refractivity contribution in [2.24, 2.45) is 0 Å². The van der Waals surface area contributed by atoms with Gasteiger partial charge in [-0.1, -0.05) is 17.7 Å². The molecule has 0 saturated carbocycles. The largest absolute Gasteiger partial charge is 0.433 e. The second-order valence-corrected chi connectivity index (χ2v) is 4.34. The van der Waals surface area contributed by atoms with Crippen molar-refractivity contribution >= 4 is 11.6 Å². The van der Waals surface area contributed by atoms with Crippen molar-refractivity contribution in [1.82, 2.24) is 5.32 Å². The summed E-state index contributed by atoms with van der Waals surface area (Å²) in [5.74, 6) is -0.0289. The summed E-state index contributed by atoms with van der Waals surface area (Å²) in [6.07, 6.45) is 0.653. The number of rotatable bonds is 7. The van der Waals surface area contributed by atoms with E-state index in [0.717, 1.165) is 5.56 Å². The first-order chi connectivity index (χ1) is 8.52. The van der Waals surface area contributed by atoms with E-state index in [1.807, 2.05) is 6.92 Å². The van der Waals surface area contributed by atoms with Crippen LogP contribution in [0.4, 0.5) is 8.78 Å². The molecule has 102 valence electrons. The highest BCUT2D eigenvalue weighted by Gasteiger charge is 2.09. The molecule has 0 radical (unpaired) electrons. The van der Waals surface area contributed by atoms with Gasteiger partial charge in [-0.15, -0.1) is 0 Å². The maximum Gasteiger partial charge on any atom is 0.387 e. The normalized spacial score (nSPS) is 12.8. The van der Waals surface area contributed by atoms with Crippen molar-refractivity contribution in [2.45, 2.75) is 32.5 Å².